The van der Waals surface area contributed by atoms with E-state index in [4.69, 9.17) is 39.6 Å². The zero-order valence-electron chi connectivity index (χ0n) is 8.30. The average Bonchev–Trinajstić information content (AvgIpc) is 2.18. The highest BCUT2D eigenvalue weighted by molar-refractivity contribution is 6.42. The van der Waals surface area contributed by atoms with Crippen molar-refractivity contribution in [3.63, 3.8) is 0 Å². The van der Waals surface area contributed by atoms with Gasteiger partial charge in [0, 0.05) is 5.56 Å². The SMILES string of the molecule is CON=C(c1ccc(Cl)c(Cl)c1)C(C)Cl. The molecular formula is C10H10Cl3NO. The van der Waals surface area contributed by atoms with Crippen molar-refractivity contribution < 1.29 is 4.84 Å². The van der Waals surface area contributed by atoms with E-state index in [0.717, 1.165) is 5.56 Å². The molecule has 1 aromatic carbocycles. The molecule has 0 bridgehead atoms. The Kier molecular flexibility index (Phi) is 4.71. The van der Waals surface area contributed by atoms with Gasteiger partial charge in [0.15, 0.2) is 0 Å². The molecule has 82 valence electrons. The zero-order valence-corrected chi connectivity index (χ0v) is 10.6. The molecule has 0 aliphatic rings. The van der Waals surface area contributed by atoms with Crippen LogP contribution in [-0.2, 0) is 4.84 Å². The van der Waals surface area contributed by atoms with Crippen LogP contribution in [0.3, 0.4) is 0 Å². The normalized spacial score (nSPS) is 13.8. The largest absolute Gasteiger partial charge is 0.399 e. The number of nitrogens with zero attached hydrogens (tertiary/aromatic N) is 1. The number of halogens is 3. The predicted octanol–water partition coefficient (Wildman–Crippen LogP) is 3.97. The summed E-state index contributed by atoms with van der Waals surface area (Å²) >= 11 is 17.7. The minimum absolute atomic E-state index is 0.262. The Morgan fingerprint density at radius 3 is 2.47 bits per heavy atom. The Bertz CT molecular complexity index is 377. The summed E-state index contributed by atoms with van der Waals surface area (Å²) < 4.78 is 0. The highest BCUT2D eigenvalue weighted by Gasteiger charge is 2.12. The second-order valence-electron chi connectivity index (χ2n) is 2.90. The van der Waals surface area contributed by atoms with Crippen LogP contribution in [0.25, 0.3) is 0 Å². The van der Waals surface area contributed by atoms with Gasteiger partial charge in [0.05, 0.1) is 15.4 Å². The lowest BCUT2D eigenvalue weighted by atomic mass is 10.1. The molecule has 5 heteroatoms. The van der Waals surface area contributed by atoms with Crippen LogP contribution < -0.4 is 0 Å². The third-order valence-electron chi connectivity index (χ3n) is 1.78. The van der Waals surface area contributed by atoms with Gasteiger partial charge in [-0.3, -0.25) is 0 Å². The summed E-state index contributed by atoms with van der Waals surface area (Å²) in [6.07, 6.45) is 0. The lowest BCUT2D eigenvalue weighted by Gasteiger charge is -2.08. The van der Waals surface area contributed by atoms with E-state index in [1.54, 1.807) is 18.2 Å². The second kappa shape index (κ2) is 5.59. The maximum atomic E-state index is 5.96. The third kappa shape index (κ3) is 3.26. The Labute approximate surface area is 104 Å². The van der Waals surface area contributed by atoms with Crippen LogP contribution in [-0.4, -0.2) is 18.2 Å². The van der Waals surface area contributed by atoms with Crippen LogP contribution >= 0.6 is 34.8 Å². The summed E-state index contributed by atoms with van der Waals surface area (Å²) in [6, 6.07) is 5.20. The average molecular weight is 267 g/mol. The van der Waals surface area contributed by atoms with E-state index in [9.17, 15) is 0 Å². The Balaban J connectivity index is 3.13. The molecule has 15 heavy (non-hydrogen) atoms. The molecule has 0 saturated carbocycles. The minimum atomic E-state index is -0.262. The first-order valence-electron chi connectivity index (χ1n) is 4.26. The van der Waals surface area contributed by atoms with Gasteiger partial charge in [-0.25, -0.2) is 0 Å². The van der Waals surface area contributed by atoms with Gasteiger partial charge in [0.1, 0.15) is 12.8 Å². The smallest absolute Gasteiger partial charge is 0.106 e. The lowest BCUT2D eigenvalue weighted by molar-refractivity contribution is 0.213. The van der Waals surface area contributed by atoms with E-state index in [1.165, 1.54) is 7.11 Å². The zero-order chi connectivity index (χ0) is 11.4. The first kappa shape index (κ1) is 12.6. The van der Waals surface area contributed by atoms with E-state index in [1.807, 2.05) is 6.92 Å². The maximum absolute atomic E-state index is 5.96. The van der Waals surface area contributed by atoms with Crippen LogP contribution in [0.5, 0.6) is 0 Å². The summed E-state index contributed by atoms with van der Waals surface area (Å²) in [5, 5.41) is 4.55. The van der Waals surface area contributed by atoms with Crippen LogP contribution in [0.15, 0.2) is 23.4 Å². The van der Waals surface area contributed by atoms with Crippen molar-refractivity contribution >= 4 is 40.5 Å². The van der Waals surface area contributed by atoms with Gasteiger partial charge >= 0.3 is 0 Å². The van der Waals surface area contributed by atoms with Gasteiger partial charge in [-0.05, 0) is 19.1 Å². The van der Waals surface area contributed by atoms with E-state index >= 15 is 0 Å². The predicted molar refractivity (Wildman–Crippen MR) is 65.3 cm³/mol. The molecule has 1 atom stereocenters. The molecule has 2 nitrogen and oxygen atoms in total. The molecule has 0 aromatic heterocycles. The first-order valence-corrected chi connectivity index (χ1v) is 5.46. The standard InChI is InChI=1S/C10H10Cl3NO/c1-6(11)10(14-15-2)7-3-4-8(12)9(13)5-7/h3-6H,1-2H3. The molecule has 0 heterocycles. The number of hydrogen-bond acceptors (Lipinski definition) is 2. The van der Waals surface area contributed by atoms with Crippen molar-refractivity contribution in [2.75, 3.05) is 7.11 Å². The summed E-state index contributed by atoms with van der Waals surface area (Å²) in [5.74, 6) is 0. The molecule has 1 rings (SSSR count). The van der Waals surface area contributed by atoms with Gasteiger partial charge < -0.3 is 4.84 Å². The molecule has 0 aliphatic heterocycles. The molecule has 0 spiro atoms. The van der Waals surface area contributed by atoms with E-state index in [2.05, 4.69) is 5.16 Å². The fourth-order valence-electron chi connectivity index (χ4n) is 1.11. The third-order valence-corrected chi connectivity index (χ3v) is 2.73. The van der Waals surface area contributed by atoms with E-state index in [-0.39, 0.29) is 5.38 Å². The van der Waals surface area contributed by atoms with Gasteiger partial charge in [0.25, 0.3) is 0 Å². The molecule has 0 radical (unpaired) electrons. The molecule has 0 N–H and O–H groups in total. The molecule has 0 aliphatic carbocycles. The second-order valence-corrected chi connectivity index (χ2v) is 4.37. The monoisotopic (exact) mass is 265 g/mol. The van der Waals surface area contributed by atoms with Crippen LogP contribution in [0.1, 0.15) is 12.5 Å². The molecule has 0 fully saturated rings. The Morgan fingerprint density at radius 1 is 1.33 bits per heavy atom. The molecule has 0 saturated heterocycles. The highest BCUT2D eigenvalue weighted by atomic mass is 35.5. The molecule has 1 unspecified atom stereocenters. The summed E-state index contributed by atoms with van der Waals surface area (Å²) in [4.78, 5) is 4.72. The summed E-state index contributed by atoms with van der Waals surface area (Å²) in [6.45, 7) is 1.81. The van der Waals surface area contributed by atoms with E-state index in [0.29, 0.717) is 15.8 Å². The number of benzene rings is 1. The van der Waals surface area contributed by atoms with Crippen molar-refractivity contribution in [2.45, 2.75) is 12.3 Å². The number of hydrogen-bond donors (Lipinski definition) is 0. The Hall–Kier alpha value is -0.440. The van der Waals surface area contributed by atoms with Crippen molar-refractivity contribution in [3.8, 4) is 0 Å². The Morgan fingerprint density at radius 2 is 2.00 bits per heavy atom. The lowest BCUT2D eigenvalue weighted by Crippen LogP contribution is -2.12. The van der Waals surface area contributed by atoms with Crippen LogP contribution in [0.2, 0.25) is 10.0 Å². The van der Waals surface area contributed by atoms with Crippen molar-refractivity contribution in [1.29, 1.82) is 0 Å². The van der Waals surface area contributed by atoms with Gasteiger partial charge in [-0.2, -0.15) is 0 Å². The fourth-order valence-corrected chi connectivity index (χ4v) is 1.57. The summed E-state index contributed by atoms with van der Waals surface area (Å²) in [5.41, 5.74) is 1.42. The van der Waals surface area contributed by atoms with Crippen molar-refractivity contribution in [2.24, 2.45) is 5.16 Å². The number of alkyl halides is 1. The maximum Gasteiger partial charge on any atom is 0.106 e. The van der Waals surface area contributed by atoms with Gasteiger partial charge in [-0.1, -0.05) is 34.4 Å². The van der Waals surface area contributed by atoms with Crippen LogP contribution in [0.4, 0.5) is 0 Å². The van der Waals surface area contributed by atoms with Crippen molar-refractivity contribution in [3.05, 3.63) is 33.8 Å². The minimum Gasteiger partial charge on any atom is -0.399 e. The first-order chi connectivity index (χ1) is 7.06. The quantitative estimate of drug-likeness (QED) is 0.461. The molecule has 0 amide bonds. The highest BCUT2D eigenvalue weighted by Crippen LogP contribution is 2.24. The van der Waals surface area contributed by atoms with Crippen molar-refractivity contribution in [1.82, 2.24) is 0 Å². The summed E-state index contributed by atoms with van der Waals surface area (Å²) in [7, 11) is 1.47. The van der Waals surface area contributed by atoms with Crippen LogP contribution in [0, 0.1) is 0 Å². The topological polar surface area (TPSA) is 21.6 Å². The number of oxime groups is 1. The van der Waals surface area contributed by atoms with Gasteiger partial charge in [0.2, 0.25) is 0 Å². The fraction of sp³-hybridized carbons (Fsp3) is 0.300. The van der Waals surface area contributed by atoms with Gasteiger partial charge in [-0.15, -0.1) is 11.6 Å². The number of rotatable bonds is 3. The van der Waals surface area contributed by atoms with E-state index < -0.39 is 0 Å². The molecule has 1 aromatic rings. The molecular weight excluding hydrogens is 256 g/mol.